The van der Waals surface area contributed by atoms with Crippen LogP contribution in [0.3, 0.4) is 0 Å². The normalized spacial score (nSPS) is 20.0. The summed E-state index contributed by atoms with van der Waals surface area (Å²) in [7, 11) is 0. The summed E-state index contributed by atoms with van der Waals surface area (Å²) >= 11 is 0. The van der Waals surface area contributed by atoms with Crippen molar-refractivity contribution in [2.75, 3.05) is 37.7 Å². The summed E-state index contributed by atoms with van der Waals surface area (Å²) in [6.45, 7) is 7.72. The van der Waals surface area contributed by atoms with Crippen LogP contribution in [-0.4, -0.2) is 49.7 Å². The van der Waals surface area contributed by atoms with Crippen molar-refractivity contribution < 1.29 is 14.3 Å². The van der Waals surface area contributed by atoms with Gasteiger partial charge in [-0.2, -0.15) is 0 Å². The third kappa shape index (κ3) is 3.28. The van der Waals surface area contributed by atoms with Crippen molar-refractivity contribution in [2.24, 2.45) is 0 Å². The fourth-order valence-electron chi connectivity index (χ4n) is 3.09. The molecule has 1 N–H and O–H groups in total. The van der Waals surface area contributed by atoms with Crippen LogP contribution in [-0.2, 0) is 9.53 Å². The number of ether oxygens (including phenoxy) is 1. The molecule has 0 atom stereocenters. The molecule has 24 heavy (non-hydrogen) atoms. The SMILES string of the molecule is CCCN1C(=O)N/C(=C/c2ccc(N3CCOCC3)c(C)c2)C1=O. The van der Waals surface area contributed by atoms with Crippen molar-refractivity contribution in [1.82, 2.24) is 10.2 Å². The minimum atomic E-state index is -0.338. The van der Waals surface area contributed by atoms with Crippen molar-refractivity contribution in [3.05, 3.63) is 35.0 Å². The zero-order valence-electron chi connectivity index (χ0n) is 14.2. The van der Waals surface area contributed by atoms with E-state index in [1.165, 1.54) is 10.6 Å². The van der Waals surface area contributed by atoms with Gasteiger partial charge in [-0.15, -0.1) is 0 Å². The smallest absolute Gasteiger partial charge is 0.329 e. The van der Waals surface area contributed by atoms with Crippen molar-refractivity contribution >= 4 is 23.7 Å². The van der Waals surface area contributed by atoms with Crippen LogP contribution in [0, 0.1) is 6.92 Å². The highest BCUT2D eigenvalue weighted by atomic mass is 16.5. The van der Waals surface area contributed by atoms with Gasteiger partial charge in [-0.3, -0.25) is 9.69 Å². The van der Waals surface area contributed by atoms with Crippen molar-refractivity contribution in [2.45, 2.75) is 20.3 Å². The first-order chi connectivity index (χ1) is 11.6. The average Bonchev–Trinajstić information content (AvgIpc) is 2.84. The summed E-state index contributed by atoms with van der Waals surface area (Å²) in [6, 6.07) is 5.75. The van der Waals surface area contributed by atoms with E-state index in [1.807, 2.05) is 19.1 Å². The maximum absolute atomic E-state index is 12.3. The minimum absolute atomic E-state index is 0.253. The molecule has 2 aliphatic heterocycles. The summed E-state index contributed by atoms with van der Waals surface area (Å²) in [6.07, 6.45) is 2.49. The Morgan fingerprint density at radius 3 is 2.67 bits per heavy atom. The average molecular weight is 329 g/mol. The van der Waals surface area contributed by atoms with Gasteiger partial charge >= 0.3 is 6.03 Å². The number of urea groups is 1. The Bertz CT molecular complexity index is 678. The van der Waals surface area contributed by atoms with Gasteiger partial charge in [0.1, 0.15) is 5.70 Å². The molecule has 2 saturated heterocycles. The third-order valence-corrected chi connectivity index (χ3v) is 4.29. The summed E-state index contributed by atoms with van der Waals surface area (Å²) < 4.78 is 5.39. The molecule has 0 saturated carbocycles. The van der Waals surface area contributed by atoms with Crippen molar-refractivity contribution in [1.29, 1.82) is 0 Å². The molecule has 2 heterocycles. The summed E-state index contributed by atoms with van der Waals surface area (Å²) in [5, 5.41) is 2.66. The molecule has 0 bridgehead atoms. The van der Waals surface area contributed by atoms with Gasteiger partial charge in [0.15, 0.2) is 0 Å². The highest BCUT2D eigenvalue weighted by Crippen LogP contribution is 2.24. The largest absolute Gasteiger partial charge is 0.378 e. The quantitative estimate of drug-likeness (QED) is 0.679. The van der Waals surface area contributed by atoms with Gasteiger partial charge in [0.05, 0.1) is 13.2 Å². The van der Waals surface area contributed by atoms with E-state index in [4.69, 9.17) is 4.74 Å². The summed E-state index contributed by atoms with van der Waals surface area (Å²) in [5.74, 6) is -0.253. The van der Waals surface area contributed by atoms with Gasteiger partial charge in [0, 0.05) is 25.3 Å². The number of amides is 3. The molecule has 1 aromatic carbocycles. The second kappa shape index (κ2) is 7.05. The lowest BCUT2D eigenvalue weighted by atomic mass is 10.1. The lowest BCUT2D eigenvalue weighted by Gasteiger charge is -2.30. The van der Waals surface area contributed by atoms with Crippen LogP contribution in [0.4, 0.5) is 10.5 Å². The number of nitrogens with zero attached hydrogens (tertiary/aromatic N) is 2. The van der Waals surface area contributed by atoms with Gasteiger partial charge in [0.25, 0.3) is 5.91 Å². The van der Waals surface area contributed by atoms with E-state index < -0.39 is 0 Å². The second-order valence-electron chi connectivity index (χ2n) is 6.09. The fourth-order valence-corrected chi connectivity index (χ4v) is 3.09. The fraction of sp³-hybridized carbons (Fsp3) is 0.444. The second-order valence-corrected chi connectivity index (χ2v) is 6.09. The van der Waals surface area contributed by atoms with Crippen LogP contribution in [0.25, 0.3) is 6.08 Å². The van der Waals surface area contributed by atoms with Crippen LogP contribution >= 0.6 is 0 Å². The van der Waals surface area contributed by atoms with E-state index in [0.717, 1.165) is 43.9 Å². The number of carbonyl (C=O) groups excluding carboxylic acids is 2. The Hall–Kier alpha value is -2.34. The monoisotopic (exact) mass is 329 g/mol. The van der Waals surface area contributed by atoms with E-state index in [1.54, 1.807) is 6.08 Å². The minimum Gasteiger partial charge on any atom is -0.378 e. The van der Waals surface area contributed by atoms with E-state index >= 15 is 0 Å². The number of rotatable bonds is 4. The molecule has 1 aromatic rings. The first kappa shape index (κ1) is 16.5. The predicted molar refractivity (Wildman–Crippen MR) is 92.7 cm³/mol. The number of morpholine rings is 1. The molecule has 3 amide bonds. The Balaban J connectivity index is 1.79. The lowest BCUT2D eigenvalue weighted by molar-refractivity contribution is -0.122. The number of anilines is 1. The number of aryl methyl sites for hydroxylation is 1. The lowest BCUT2D eigenvalue weighted by Crippen LogP contribution is -2.36. The molecule has 0 aliphatic carbocycles. The summed E-state index contributed by atoms with van der Waals surface area (Å²) in [4.78, 5) is 27.7. The molecular formula is C18H23N3O3. The molecule has 128 valence electrons. The maximum atomic E-state index is 12.3. The Labute approximate surface area is 142 Å². The number of hydrogen-bond donors (Lipinski definition) is 1. The highest BCUT2D eigenvalue weighted by Gasteiger charge is 2.32. The maximum Gasteiger partial charge on any atom is 0.329 e. The molecule has 0 aromatic heterocycles. The van der Waals surface area contributed by atoms with E-state index in [9.17, 15) is 9.59 Å². The van der Waals surface area contributed by atoms with Crippen molar-refractivity contribution in [3.63, 3.8) is 0 Å². The summed E-state index contributed by atoms with van der Waals surface area (Å²) in [5.41, 5.74) is 3.58. The molecule has 3 rings (SSSR count). The molecular weight excluding hydrogens is 306 g/mol. The topological polar surface area (TPSA) is 61.9 Å². The first-order valence-electron chi connectivity index (χ1n) is 8.38. The van der Waals surface area contributed by atoms with Gasteiger partial charge in [0.2, 0.25) is 0 Å². The van der Waals surface area contributed by atoms with E-state index in [-0.39, 0.29) is 11.9 Å². The molecule has 2 aliphatic rings. The van der Waals surface area contributed by atoms with Crippen LogP contribution < -0.4 is 10.2 Å². The molecule has 0 spiro atoms. The zero-order valence-corrected chi connectivity index (χ0v) is 14.2. The number of nitrogens with one attached hydrogen (secondary N) is 1. The molecule has 0 unspecified atom stereocenters. The highest BCUT2D eigenvalue weighted by molar-refractivity contribution is 6.13. The first-order valence-corrected chi connectivity index (χ1v) is 8.38. The Morgan fingerprint density at radius 2 is 2.00 bits per heavy atom. The third-order valence-electron chi connectivity index (χ3n) is 4.29. The van der Waals surface area contributed by atoms with Crippen LogP contribution in [0.15, 0.2) is 23.9 Å². The van der Waals surface area contributed by atoms with E-state index in [2.05, 4.69) is 23.2 Å². The van der Waals surface area contributed by atoms with Crippen LogP contribution in [0.1, 0.15) is 24.5 Å². The number of benzene rings is 1. The Kier molecular flexibility index (Phi) is 4.85. The van der Waals surface area contributed by atoms with Crippen molar-refractivity contribution in [3.8, 4) is 0 Å². The molecule has 2 fully saturated rings. The number of imide groups is 1. The van der Waals surface area contributed by atoms with Crippen LogP contribution in [0.5, 0.6) is 0 Å². The zero-order chi connectivity index (χ0) is 17.1. The number of carbonyl (C=O) groups is 2. The van der Waals surface area contributed by atoms with Gasteiger partial charge in [-0.05, 0) is 42.7 Å². The molecule has 6 heteroatoms. The van der Waals surface area contributed by atoms with Gasteiger partial charge in [-0.1, -0.05) is 13.0 Å². The van der Waals surface area contributed by atoms with Crippen LogP contribution in [0.2, 0.25) is 0 Å². The van der Waals surface area contributed by atoms with Gasteiger partial charge < -0.3 is 15.0 Å². The Morgan fingerprint density at radius 1 is 1.25 bits per heavy atom. The van der Waals surface area contributed by atoms with E-state index in [0.29, 0.717) is 12.2 Å². The van der Waals surface area contributed by atoms with Gasteiger partial charge in [-0.25, -0.2) is 4.79 Å². The number of hydrogen-bond acceptors (Lipinski definition) is 4. The standard InChI is InChI=1S/C18H23N3O3/c1-3-6-21-17(22)15(19-18(21)23)12-14-4-5-16(13(2)11-14)20-7-9-24-10-8-20/h4-5,11-12H,3,6-10H2,1-2H3,(H,19,23)/b15-12+. The molecule has 6 nitrogen and oxygen atoms in total. The molecule has 0 radical (unpaired) electrons. The predicted octanol–water partition coefficient (Wildman–Crippen LogP) is 2.13.